The van der Waals surface area contributed by atoms with Gasteiger partial charge < -0.3 is 5.32 Å². The van der Waals surface area contributed by atoms with Crippen LogP contribution in [0.15, 0.2) is 41.3 Å². The van der Waals surface area contributed by atoms with Crippen LogP contribution in [0.5, 0.6) is 0 Å². The molecule has 0 unspecified atom stereocenters. The lowest BCUT2D eigenvalue weighted by atomic mass is 10.1. The summed E-state index contributed by atoms with van der Waals surface area (Å²) in [7, 11) is 0. The number of rotatable bonds is 5. The number of thioether (sulfide) groups is 1. The van der Waals surface area contributed by atoms with Gasteiger partial charge in [0.25, 0.3) is 0 Å². The van der Waals surface area contributed by atoms with Crippen LogP contribution in [-0.4, -0.2) is 11.2 Å². The van der Waals surface area contributed by atoms with Crippen molar-refractivity contribution < 1.29 is 13.6 Å². The molecule has 0 spiro atoms. The summed E-state index contributed by atoms with van der Waals surface area (Å²) in [5.41, 5.74) is 0.749. The SMILES string of the molecule is C[C@@H](Sc1ccc(F)c(F)c1)C(=O)N[C@H](C)c1ccc(Cl)cc1Cl. The smallest absolute Gasteiger partial charge is 0.233 e. The third-order valence-corrected chi connectivity index (χ3v) is 5.02. The third-order valence-electron chi connectivity index (χ3n) is 3.36. The van der Waals surface area contributed by atoms with Gasteiger partial charge >= 0.3 is 0 Å². The fourth-order valence-electron chi connectivity index (χ4n) is 2.07. The molecule has 0 aliphatic rings. The van der Waals surface area contributed by atoms with Crippen LogP contribution >= 0.6 is 35.0 Å². The summed E-state index contributed by atoms with van der Waals surface area (Å²) in [6.07, 6.45) is 0. The molecule has 2 atom stereocenters. The Morgan fingerprint density at radius 3 is 2.42 bits per heavy atom. The van der Waals surface area contributed by atoms with Crippen LogP contribution in [0.25, 0.3) is 0 Å². The molecule has 0 aliphatic heterocycles. The Hall–Kier alpha value is -1.30. The number of carbonyl (C=O) groups excluding carboxylic acids is 1. The Bertz CT molecular complexity index is 757. The highest BCUT2D eigenvalue weighted by molar-refractivity contribution is 8.00. The van der Waals surface area contributed by atoms with Crippen molar-refractivity contribution in [2.75, 3.05) is 0 Å². The molecule has 0 heterocycles. The summed E-state index contributed by atoms with van der Waals surface area (Å²) >= 11 is 13.1. The number of hydrogen-bond acceptors (Lipinski definition) is 2. The predicted molar refractivity (Wildman–Crippen MR) is 94.7 cm³/mol. The highest BCUT2D eigenvalue weighted by Gasteiger charge is 2.19. The van der Waals surface area contributed by atoms with Crippen LogP contribution in [0, 0.1) is 11.6 Å². The van der Waals surface area contributed by atoms with E-state index in [1.807, 2.05) is 6.92 Å². The zero-order valence-electron chi connectivity index (χ0n) is 12.9. The first-order chi connectivity index (χ1) is 11.3. The average Bonchev–Trinajstić information content (AvgIpc) is 2.50. The lowest BCUT2D eigenvalue weighted by Gasteiger charge is -2.19. The normalized spacial score (nSPS) is 13.4. The van der Waals surface area contributed by atoms with Gasteiger partial charge in [-0.05, 0) is 49.7 Å². The molecule has 0 bridgehead atoms. The zero-order valence-corrected chi connectivity index (χ0v) is 15.3. The van der Waals surface area contributed by atoms with E-state index in [1.165, 1.54) is 6.07 Å². The summed E-state index contributed by atoms with van der Waals surface area (Å²) in [4.78, 5) is 12.8. The molecule has 0 aromatic heterocycles. The Morgan fingerprint density at radius 1 is 1.08 bits per heavy atom. The molecule has 0 saturated heterocycles. The quantitative estimate of drug-likeness (QED) is 0.671. The second-order valence-electron chi connectivity index (χ2n) is 5.23. The van der Waals surface area contributed by atoms with Crippen molar-refractivity contribution in [3.8, 4) is 0 Å². The molecule has 2 aromatic rings. The van der Waals surface area contributed by atoms with Crippen LogP contribution in [0.3, 0.4) is 0 Å². The maximum absolute atomic E-state index is 13.2. The van der Waals surface area contributed by atoms with E-state index in [2.05, 4.69) is 5.32 Å². The highest BCUT2D eigenvalue weighted by atomic mass is 35.5. The minimum atomic E-state index is -0.936. The largest absolute Gasteiger partial charge is 0.349 e. The van der Waals surface area contributed by atoms with Gasteiger partial charge in [0.05, 0.1) is 11.3 Å². The van der Waals surface area contributed by atoms with Crippen LogP contribution in [0.2, 0.25) is 10.0 Å². The van der Waals surface area contributed by atoms with Crippen LogP contribution in [-0.2, 0) is 4.79 Å². The number of carbonyl (C=O) groups is 1. The molecule has 2 rings (SSSR count). The monoisotopic (exact) mass is 389 g/mol. The molecule has 2 aromatic carbocycles. The number of nitrogens with one attached hydrogen (secondary N) is 1. The maximum Gasteiger partial charge on any atom is 0.233 e. The van der Waals surface area contributed by atoms with Gasteiger partial charge in [0, 0.05) is 14.9 Å². The highest BCUT2D eigenvalue weighted by Crippen LogP contribution is 2.28. The van der Waals surface area contributed by atoms with Gasteiger partial charge in [0.1, 0.15) is 0 Å². The minimum Gasteiger partial charge on any atom is -0.349 e. The molecule has 1 N–H and O–H groups in total. The molecular formula is C17H15Cl2F2NOS. The second kappa shape index (κ2) is 8.19. The van der Waals surface area contributed by atoms with Gasteiger partial charge in [-0.25, -0.2) is 8.78 Å². The standard InChI is InChI=1S/C17H15Cl2F2NOS/c1-9(13-5-3-11(18)7-14(13)19)22-17(23)10(2)24-12-4-6-15(20)16(21)8-12/h3-10H,1-2H3,(H,22,23)/t9-,10-/m1/s1. The fourth-order valence-corrected chi connectivity index (χ4v) is 3.54. The Kier molecular flexibility index (Phi) is 6.49. The van der Waals surface area contributed by atoms with E-state index in [4.69, 9.17) is 23.2 Å². The van der Waals surface area contributed by atoms with Gasteiger partial charge in [0.2, 0.25) is 5.91 Å². The molecule has 1 amide bonds. The lowest BCUT2D eigenvalue weighted by Crippen LogP contribution is -2.33. The summed E-state index contributed by atoms with van der Waals surface area (Å²) < 4.78 is 26.2. The Labute approximate surface area is 153 Å². The van der Waals surface area contributed by atoms with E-state index in [-0.39, 0.29) is 11.9 Å². The van der Waals surface area contributed by atoms with Gasteiger partial charge in [-0.3, -0.25) is 4.79 Å². The molecular weight excluding hydrogens is 375 g/mol. The number of benzene rings is 2. The second-order valence-corrected chi connectivity index (χ2v) is 7.49. The van der Waals surface area contributed by atoms with E-state index in [0.29, 0.717) is 14.9 Å². The molecule has 0 aliphatic carbocycles. The molecule has 0 saturated carbocycles. The van der Waals surface area contributed by atoms with E-state index in [9.17, 15) is 13.6 Å². The topological polar surface area (TPSA) is 29.1 Å². The average molecular weight is 390 g/mol. The summed E-state index contributed by atoms with van der Waals surface area (Å²) in [5.74, 6) is -2.08. The van der Waals surface area contributed by atoms with Crippen molar-refractivity contribution in [1.82, 2.24) is 5.32 Å². The minimum absolute atomic E-state index is 0.233. The van der Waals surface area contributed by atoms with Crippen molar-refractivity contribution in [3.63, 3.8) is 0 Å². The summed E-state index contributed by atoms with van der Waals surface area (Å²) in [6, 6.07) is 8.30. The van der Waals surface area contributed by atoms with Crippen LogP contribution in [0.4, 0.5) is 8.78 Å². The molecule has 0 radical (unpaired) electrons. The molecule has 0 fully saturated rings. The molecule has 128 valence electrons. The van der Waals surface area contributed by atoms with E-state index in [0.717, 1.165) is 29.5 Å². The number of hydrogen-bond donors (Lipinski definition) is 1. The Morgan fingerprint density at radius 2 is 1.79 bits per heavy atom. The summed E-state index contributed by atoms with van der Waals surface area (Å²) in [5, 5.41) is 3.35. The number of amides is 1. The first-order valence-corrected chi connectivity index (χ1v) is 8.78. The van der Waals surface area contributed by atoms with Crippen LogP contribution < -0.4 is 5.32 Å². The first kappa shape index (κ1) is 19.0. The van der Waals surface area contributed by atoms with Gasteiger partial charge in [-0.15, -0.1) is 11.8 Å². The third kappa shape index (κ3) is 4.85. The van der Waals surface area contributed by atoms with Gasteiger partial charge in [-0.1, -0.05) is 29.3 Å². The van der Waals surface area contributed by atoms with Crippen molar-refractivity contribution in [1.29, 1.82) is 0 Å². The van der Waals surface area contributed by atoms with Crippen molar-refractivity contribution >= 4 is 40.9 Å². The zero-order chi connectivity index (χ0) is 17.9. The van der Waals surface area contributed by atoms with E-state index in [1.54, 1.807) is 25.1 Å². The van der Waals surface area contributed by atoms with Gasteiger partial charge in [0.15, 0.2) is 11.6 Å². The van der Waals surface area contributed by atoms with Crippen molar-refractivity contribution in [3.05, 3.63) is 63.6 Å². The van der Waals surface area contributed by atoms with Crippen molar-refractivity contribution in [2.45, 2.75) is 30.0 Å². The van der Waals surface area contributed by atoms with Crippen LogP contribution in [0.1, 0.15) is 25.5 Å². The van der Waals surface area contributed by atoms with E-state index < -0.39 is 16.9 Å². The lowest BCUT2D eigenvalue weighted by molar-refractivity contribution is -0.120. The maximum atomic E-state index is 13.2. The predicted octanol–water partition coefficient (Wildman–Crippen LogP) is 5.63. The Balaban J connectivity index is 2.01. The fraction of sp³-hybridized carbons (Fsp3) is 0.235. The van der Waals surface area contributed by atoms with Crippen molar-refractivity contribution in [2.24, 2.45) is 0 Å². The summed E-state index contributed by atoms with van der Waals surface area (Å²) in [6.45, 7) is 3.50. The number of halogens is 4. The molecule has 2 nitrogen and oxygen atoms in total. The van der Waals surface area contributed by atoms with E-state index >= 15 is 0 Å². The molecule has 24 heavy (non-hydrogen) atoms. The first-order valence-electron chi connectivity index (χ1n) is 7.15. The van der Waals surface area contributed by atoms with Gasteiger partial charge in [-0.2, -0.15) is 0 Å². The molecule has 7 heteroatoms.